The summed E-state index contributed by atoms with van der Waals surface area (Å²) in [4.78, 5) is 20.6. The number of nitro benzene ring substituents is 1. The molecule has 0 atom stereocenters. The van der Waals surface area contributed by atoms with E-state index in [9.17, 15) is 14.9 Å². The number of nitro groups is 1. The fourth-order valence-electron chi connectivity index (χ4n) is 1.31. The highest BCUT2D eigenvalue weighted by Crippen LogP contribution is 2.17. The molecular weight excluding hydrogens is 182 g/mol. The van der Waals surface area contributed by atoms with Crippen molar-refractivity contribution in [1.29, 1.82) is 0 Å². The molecule has 0 N–H and O–H groups in total. The smallest absolute Gasteiger partial charge is 0.270 e. The average molecular weight is 193 g/mol. The Morgan fingerprint density at radius 2 is 2.14 bits per heavy atom. The number of aryl methyl sites for hydroxylation is 1. The summed E-state index contributed by atoms with van der Waals surface area (Å²) in [6, 6.07) is 4.48. The van der Waals surface area contributed by atoms with Gasteiger partial charge in [-0.3, -0.25) is 14.9 Å². The molecule has 4 heteroatoms. The van der Waals surface area contributed by atoms with Crippen LogP contribution in [-0.2, 0) is 6.42 Å². The number of benzene rings is 1. The standard InChI is InChI=1S/C10H11NO3/c1-2-3-8-4-9(7-12)6-10(5-8)11(13)14/h4-7H,2-3H2,1H3. The predicted molar refractivity (Wildman–Crippen MR) is 52.5 cm³/mol. The van der Waals surface area contributed by atoms with Gasteiger partial charge in [-0.05, 0) is 18.1 Å². The van der Waals surface area contributed by atoms with Crippen molar-refractivity contribution >= 4 is 12.0 Å². The molecule has 0 unspecified atom stereocenters. The van der Waals surface area contributed by atoms with E-state index in [2.05, 4.69) is 0 Å². The van der Waals surface area contributed by atoms with Crippen LogP contribution in [0.15, 0.2) is 18.2 Å². The highest BCUT2D eigenvalue weighted by atomic mass is 16.6. The monoisotopic (exact) mass is 193 g/mol. The van der Waals surface area contributed by atoms with Gasteiger partial charge in [-0.25, -0.2) is 0 Å². The van der Waals surface area contributed by atoms with Gasteiger partial charge in [0.25, 0.3) is 5.69 Å². The van der Waals surface area contributed by atoms with Crippen molar-refractivity contribution in [1.82, 2.24) is 0 Å². The zero-order valence-corrected chi connectivity index (χ0v) is 7.90. The number of nitrogens with zero attached hydrogens (tertiary/aromatic N) is 1. The van der Waals surface area contributed by atoms with Crippen LogP contribution >= 0.6 is 0 Å². The summed E-state index contributed by atoms with van der Waals surface area (Å²) < 4.78 is 0. The number of non-ortho nitro benzene ring substituents is 1. The molecule has 0 amide bonds. The molecule has 0 heterocycles. The Balaban J connectivity index is 3.12. The average Bonchev–Trinajstić information content (AvgIpc) is 2.17. The summed E-state index contributed by atoms with van der Waals surface area (Å²) in [7, 11) is 0. The van der Waals surface area contributed by atoms with Gasteiger partial charge in [0.2, 0.25) is 0 Å². The summed E-state index contributed by atoms with van der Waals surface area (Å²) in [6.45, 7) is 1.99. The van der Waals surface area contributed by atoms with Crippen LogP contribution in [0.2, 0.25) is 0 Å². The van der Waals surface area contributed by atoms with E-state index in [1.165, 1.54) is 12.1 Å². The first kappa shape index (κ1) is 10.4. The molecule has 0 radical (unpaired) electrons. The van der Waals surface area contributed by atoms with Crippen LogP contribution in [0.3, 0.4) is 0 Å². The van der Waals surface area contributed by atoms with Gasteiger partial charge >= 0.3 is 0 Å². The molecule has 1 aromatic carbocycles. The molecule has 0 aromatic heterocycles. The second-order valence-corrected chi connectivity index (χ2v) is 3.06. The number of aldehydes is 1. The van der Waals surface area contributed by atoms with E-state index in [-0.39, 0.29) is 5.69 Å². The SMILES string of the molecule is CCCc1cc(C=O)cc([N+](=O)[O-])c1. The quantitative estimate of drug-likeness (QED) is 0.419. The highest BCUT2D eigenvalue weighted by Gasteiger charge is 2.08. The number of rotatable bonds is 4. The molecule has 4 nitrogen and oxygen atoms in total. The highest BCUT2D eigenvalue weighted by molar-refractivity contribution is 5.76. The van der Waals surface area contributed by atoms with Crippen molar-refractivity contribution < 1.29 is 9.72 Å². The number of carbonyl (C=O) groups excluding carboxylic acids is 1. The van der Waals surface area contributed by atoms with Crippen LogP contribution in [0, 0.1) is 10.1 Å². The zero-order chi connectivity index (χ0) is 10.6. The van der Waals surface area contributed by atoms with Crippen LogP contribution in [0.25, 0.3) is 0 Å². The third-order valence-electron chi connectivity index (χ3n) is 1.89. The van der Waals surface area contributed by atoms with E-state index >= 15 is 0 Å². The van der Waals surface area contributed by atoms with E-state index in [0.29, 0.717) is 11.8 Å². The molecule has 0 saturated heterocycles. The molecule has 74 valence electrons. The normalized spacial score (nSPS) is 9.79. The van der Waals surface area contributed by atoms with Crippen LogP contribution in [0.5, 0.6) is 0 Å². The number of hydrogen-bond acceptors (Lipinski definition) is 3. The van der Waals surface area contributed by atoms with E-state index in [1.54, 1.807) is 6.07 Å². The Bertz CT molecular complexity index is 360. The second-order valence-electron chi connectivity index (χ2n) is 3.06. The Morgan fingerprint density at radius 3 is 2.64 bits per heavy atom. The van der Waals surface area contributed by atoms with Gasteiger partial charge in [0.1, 0.15) is 6.29 Å². The summed E-state index contributed by atoms with van der Waals surface area (Å²) in [5, 5.41) is 10.5. The van der Waals surface area contributed by atoms with E-state index in [1.807, 2.05) is 6.92 Å². The maximum absolute atomic E-state index is 10.5. The fraction of sp³-hybridized carbons (Fsp3) is 0.300. The molecule has 0 aliphatic heterocycles. The largest absolute Gasteiger partial charge is 0.298 e. The van der Waals surface area contributed by atoms with Crippen molar-refractivity contribution in [2.45, 2.75) is 19.8 Å². The third kappa shape index (κ3) is 2.39. The number of hydrogen-bond donors (Lipinski definition) is 0. The van der Waals surface area contributed by atoms with Crippen LogP contribution < -0.4 is 0 Å². The Labute approximate surface area is 81.7 Å². The lowest BCUT2D eigenvalue weighted by Gasteiger charge is -2.00. The van der Waals surface area contributed by atoms with Crippen LogP contribution in [0.4, 0.5) is 5.69 Å². The summed E-state index contributed by atoms with van der Waals surface area (Å²) in [5.41, 5.74) is 1.18. The molecule has 0 bridgehead atoms. The molecule has 1 aromatic rings. The minimum absolute atomic E-state index is 0.0157. The lowest BCUT2D eigenvalue weighted by atomic mass is 10.1. The number of carbonyl (C=O) groups is 1. The van der Waals surface area contributed by atoms with E-state index in [4.69, 9.17) is 0 Å². The molecule has 1 rings (SSSR count). The van der Waals surface area contributed by atoms with E-state index in [0.717, 1.165) is 18.4 Å². The Kier molecular flexibility index (Phi) is 3.34. The molecule has 0 aliphatic carbocycles. The first-order valence-corrected chi connectivity index (χ1v) is 4.41. The topological polar surface area (TPSA) is 60.2 Å². The molecule has 0 fully saturated rings. The van der Waals surface area contributed by atoms with Gasteiger partial charge in [-0.2, -0.15) is 0 Å². The molecule has 0 aliphatic rings. The molecule has 14 heavy (non-hydrogen) atoms. The summed E-state index contributed by atoms with van der Waals surface area (Å²) in [6.07, 6.45) is 2.29. The van der Waals surface area contributed by atoms with Crippen molar-refractivity contribution in [3.05, 3.63) is 39.4 Å². The van der Waals surface area contributed by atoms with Gasteiger partial charge in [0, 0.05) is 17.7 Å². The lowest BCUT2D eigenvalue weighted by Crippen LogP contribution is -1.93. The minimum Gasteiger partial charge on any atom is -0.298 e. The van der Waals surface area contributed by atoms with Crippen molar-refractivity contribution in [3.63, 3.8) is 0 Å². The van der Waals surface area contributed by atoms with Gasteiger partial charge in [-0.15, -0.1) is 0 Å². The molecule has 0 spiro atoms. The van der Waals surface area contributed by atoms with Gasteiger partial charge < -0.3 is 0 Å². The first-order valence-electron chi connectivity index (χ1n) is 4.41. The Hall–Kier alpha value is -1.71. The van der Waals surface area contributed by atoms with Gasteiger partial charge in [-0.1, -0.05) is 13.3 Å². The minimum atomic E-state index is -0.480. The molecular formula is C10H11NO3. The predicted octanol–water partition coefficient (Wildman–Crippen LogP) is 2.36. The fourth-order valence-corrected chi connectivity index (χ4v) is 1.31. The van der Waals surface area contributed by atoms with Gasteiger partial charge in [0.05, 0.1) is 4.92 Å². The van der Waals surface area contributed by atoms with Crippen LogP contribution in [0.1, 0.15) is 29.3 Å². The summed E-state index contributed by atoms with van der Waals surface area (Å²) >= 11 is 0. The lowest BCUT2D eigenvalue weighted by molar-refractivity contribution is -0.384. The maximum atomic E-state index is 10.5. The Morgan fingerprint density at radius 1 is 1.43 bits per heavy atom. The second kappa shape index (κ2) is 4.50. The zero-order valence-electron chi connectivity index (χ0n) is 7.90. The third-order valence-corrected chi connectivity index (χ3v) is 1.89. The first-order chi connectivity index (χ1) is 6.67. The summed E-state index contributed by atoms with van der Waals surface area (Å²) in [5.74, 6) is 0. The maximum Gasteiger partial charge on any atom is 0.270 e. The van der Waals surface area contributed by atoms with Crippen LogP contribution in [-0.4, -0.2) is 11.2 Å². The van der Waals surface area contributed by atoms with Crippen molar-refractivity contribution in [3.8, 4) is 0 Å². The molecule has 0 saturated carbocycles. The van der Waals surface area contributed by atoms with E-state index < -0.39 is 4.92 Å². The van der Waals surface area contributed by atoms with Gasteiger partial charge in [0.15, 0.2) is 0 Å². The van der Waals surface area contributed by atoms with Crippen molar-refractivity contribution in [2.75, 3.05) is 0 Å². The van der Waals surface area contributed by atoms with Crippen molar-refractivity contribution in [2.24, 2.45) is 0 Å².